The lowest BCUT2D eigenvalue weighted by molar-refractivity contribution is 0.322. The van der Waals surface area contributed by atoms with E-state index in [1.165, 1.54) is 6.07 Å². The van der Waals surface area contributed by atoms with Gasteiger partial charge in [-0.3, -0.25) is 0 Å². The van der Waals surface area contributed by atoms with Crippen LogP contribution in [0.1, 0.15) is 5.56 Å². The fourth-order valence-electron chi connectivity index (χ4n) is 0.581. The molecule has 0 radical (unpaired) electrons. The lowest BCUT2D eigenvalue weighted by atomic mass is 10.3. The van der Waals surface area contributed by atoms with Crippen LogP contribution in [0.3, 0.4) is 0 Å². The highest BCUT2D eigenvalue weighted by atomic mass is 35.5. The summed E-state index contributed by atoms with van der Waals surface area (Å²) in [5.74, 6) is -0.662. The van der Waals surface area contributed by atoms with Crippen LogP contribution in [0.4, 0.5) is 4.39 Å². The largest absolute Gasteiger partial charge is 0.411 e. The Kier molecular flexibility index (Phi) is 2.38. The molecule has 0 atom stereocenters. The molecule has 0 bridgehead atoms. The third-order valence-corrected chi connectivity index (χ3v) is 1.34. The van der Waals surface area contributed by atoms with E-state index in [0.29, 0.717) is 5.56 Å². The first-order chi connectivity index (χ1) is 5.24. The number of pyridine rings is 1. The minimum atomic E-state index is -0.662. The minimum Gasteiger partial charge on any atom is -0.411 e. The van der Waals surface area contributed by atoms with Gasteiger partial charge >= 0.3 is 0 Å². The summed E-state index contributed by atoms with van der Waals surface area (Å²) in [6.07, 6.45) is 1.08. The molecule has 1 N–H and O–H groups in total. The van der Waals surface area contributed by atoms with E-state index >= 15 is 0 Å². The molecule has 0 aliphatic carbocycles. The van der Waals surface area contributed by atoms with Crippen molar-refractivity contribution >= 4 is 17.8 Å². The summed E-state index contributed by atoms with van der Waals surface area (Å²) in [6, 6.07) is 2.49. The Morgan fingerprint density at radius 3 is 2.91 bits per heavy atom. The number of nitrogens with zero attached hydrogens (tertiary/aromatic N) is 2. The Balaban J connectivity index is 3.09. The SMILES string of the molecule is O/N=C/c1ccc(F)nc1Cl. The minimum absolute atomic E-state index is 0.0252. The van der Waals surface area contributed by atoms with Crippen molar-refractivity contribution in [1.82, 2.24) is 4.98 Å². The van der Waals surface area contributed by atoms with Gasteiger partial charge in [0.15, 0.2) is 0 Å². The van der Waals surface area contributed by atoms with Crippen molar-refractivity contribution < 1.29 is 9.60 Å². The fraction of sp³-hybridized carbons (Fsp3) is 0. The van der Waals surface area contributed by atoms with Gasteiger partial charge in [0.2, 0.25) is 5.95 Å². The van der Waals surface area contributed by atoms with Crippen LogP contribution < -0.4 is 0 Å². The highest BCUT2D eigenvalue weighted by Crippen LogP contribution is 2.10. The second-order valence-electron chi connectivity index (χ2n) is 1.76. The Morgan fingerprint density at radius 2 is 2.36 bits per heavy atom. The van der Waals surface area contributed by atoms with Gasteiger partial charge in [-0.15, -0.1) is 0 Å². The van der Waals surface area contributed by atoms with E-state index in [9.17, 15) is 4.39 Å². The van der Waals surface area contributed by atoms with Crippen LogP contribution in [0.25, 0.3) is 0 Å². The monoisotopic (exact) mass is 174 g/mol. The molecule has 1 rings (SSSR count). The maximum atomic E-state index is 12.3. The fourth-order valence-corrected chi connectivity index (χ4v) is 0.774. The van der Waals surface area contributed by atoms with Gasteiger partial charge in [-0.1, -0.05) is 16.8 Å². The average Bonchev–Trinajstić information content (AvgIpc) is 1.95. The van der Waals surface area contributed by atoms with E-state index in [1.54, 1.807) is 0 Å². The van der Waals surface area contributed by atoms with Crippen molar-refractivity contribution in [2.24, 2.45) is 5.16 Å². The van der Waals surface area contributed by atoms with Crippen LogP contribution in [-0.4, -0.2) is 16.4 Å². The predicted molar refractivity (Wildman–Crippen MR) is 38.6 cm³/mol. The maximum Gasteiger partial charge on any atom is 0.214 e. The number of rotatable bonds is 1. The van der Waals surface area contributed by atoms with Gasteiger partial charge in [-0.25, -0.2) is 4.98 Å². The van der Waals surface area contributed by atoms with Crippen LogP contribution in [0.15, 0.2) is 17.3 Å². The lowest BCUT2D eigenvalue weighted by Crippen LogP contribution is -1.89. The molecular formula is C6H4ClFN2O. The number of halogens is 2. The summed E-state index contributed by atoms with van der Waals surface area (Å²) in [7, 11) is 0. The van der Waals surface area contributed by atoms with Crippen molar-refractivity contribution in [2.45, 2.75) is 0 Å². The van der Waals surface area contributed by atoms with E-state index in [1.807, 2.05) is 0 Å². The smallest absolute Gasteiger partial charge is 0.214 e. The van der Waals surface area contributed by atoms with E-state index in [4.69, 9.17) is 16.8 Å². The molecule has 0 saturated heterocycles. The van der Waals surface area contributed by atoms with Gasteiger partial charge in [0.25, 0.3) is 0 Å². The first kappa shape index (κ1) is 7.94. The van der Waals surface area contributed by atoms with E-state index in [0.717, 1.165) is 12.3 Å². The zero-order valence-corrected chi connectivity index (χ0v) is 6.09. The standard InChI is InChI=1S/C6H4ClFN2O/c7-6-4(3-9-11)1-2-5(8)10-6/h1-3,11H/b9-3+. The molecule has 1 aromatic rings. The highest BCUT2D eigenvalue weighted by molar-refractivity contribution is 6.31. The first-order valence-electron chi connectivity index (χ1n) is 2.73. The molecule has 0 saturated carbocycles. The summed E-state index contributed by atoms with van der Waals surface area (Å²) < 4.78 is 12.3. The molecule has 0 unspecified atom stereocenters. The molecular weight excluding hydrogens is 171 g/mol. The molecule has 0 amide bonds. The van der Waals surface area contributed by atoms with E-state index in [2.05, 4.69) is 10.1 Å². The Hall–Kier alpha value is -1.16. The predicted octanol–water partition coefficient (Wildman–Crippen LogP) is 1.68. The summed E-state index contributed by atoms with van der Waals surface area (Å²) in [6.45, 7) is 0. The lowest BCUT2D eigenvalue weighted by Gasteiger charge is -1.93. The van der Waals surface area contributed by atoms with Crippen LogP contribution in [0, 0.1) is 5.95 Å². The Labute approximate surface area is 67.1 Å². The second kappa shape index (κ2) is 3.30. The quantitative estimate of drug-likeness (QED) is 0.305. The molecule has 3 nitrogen and oxygen atoms in total. The number of hydrogen-bond acceptors (Lipinski definition) is 3. The molecule has 5 heteroatoms. The normalized spacial score (nSPS) is 10.7. The molecule has 0 aliphatic heterocycles. The maximum absolute atomic E-state index is 12.3. The van der Waals surface area contributed by atoms with Gasteiger partial charge < -0.3 is 5.21 Å². The zero-order chi connectivity index (χ0) is 8.27. The van der Waals surface area contributed by atoms with Crippen LogP contribution in [0.5, 0.6) is 0 Å². The number of aromatic nitrogens is 1. The van der Waals surface area contributed by atoms with Gasteiger partial charge in [0.1, 0.15) is 5.15 Å². The van der Waals surface area contributed by atoms with Crippen molar-refractivity contribution in [1.29, 1.82) is 0 Å². The Bertz CT molecular complexity index is 290. The van der Waals surface area contributed by atoms with Crippen LogP contribution in [0.2, 0.25) is 5.15 Å². The Morgan fingerprint density at radius 1 is 1.64 bits per heavy atom. The van der Waals surface area contributed by atoms with Gasteiger partial charge in [-0.05, 0) is 12.1 Å². The third-order valence-electron chi connectivity index (χ3n) is 1.04. The zero-order valence-electron chi connectivity index (χ0n) is 5.33. The van der Waals surface area contributed by atoms with Crippen molar-refractivity contribution in [3.05, 3.63) is 28.8 Å². The molecule has 1 aromatic heterocycles. The average molecular weight is 175 g/mol. The third kappa shape index (κ3) is 1.88. The second-order valence-corrected chi connectivity index (χ2v) is 2.12. The van der Waals surface area contributed by atoms with Crippen molar-refractivity contribution in [3.63, 3.8) is 0 Å². The molecule has 0 aromatic carbocycles. The first-order valence-corrected chi connectivity index (χ1v) is 3.11. The highest BCUT2D eigenvalue weighted by Gasteiger charge is 1.99. The number of oxime groups is 1. The topological polar surface area (TPSA) is 45.5 Å². The molecule has 0 aliphatic rings. The molecule has 1 heterocycles. The van der Waals surface area contributed by atoms with Crippen molar-refractivity contribution in [3.8, 4) is 0 Å². The summed E-state index contributed by atoms with van der Waals surface area (Å²) >= 11 is 5.45. The summed E-state index contributed by atoms with van der Waals surface area (Å²) in [5.41, 5.74) is 0.371. The van der Waals surface area contributed by atoms with Gasteiger partial charge in [0.05, 0.1) is 6.21 Å². The van der Waals surface area contributed by atoms with Crippen LogP contribution >= 0.6 is 11.6 Å². The van der Waals surface area contributed by atoms with Crippen LogP contribution in [-0.2, 0) is 0 Å². The number of hydrogen-bond donors (Lipinski definition) is 1. The molecule has 0 fully saturated rings. The molecule has 58 valence electrons. The van der Waals surface area contributed by atoms with E-state index < -0.39 is 5.95 Å². The van der Waals surface area contributed by atoms with Gasteiger partial charge in [0, 0.05) is 5.56 Å². The van der Waals surface area contributed by atoms with Gasteiger partial charge in [-0.2, -0.15) is 4.39 Å². The molecule has 0 spiro atoms. The van der Waals surface area contributed by atoms with E-state index in [-0.39, 0.29) is 5.15 Å². The molecule has 11 heavy (non-hydrogen) atoms. The summed E-state index contributed by atoms with van der Waals surface area (Å²) in [5, 5.41) is 10.8. The van der Waals surface area contributed by atoms with Crippen molar-refractivity contribution in [2.75, 3.05) is 0 Å². The summed E-state index contributed by atoms with van der Waals surface area (Å²) in [4.78, 5) is 3.29.